The SMILES string of the molecule is O=C(Nc1sc2ccccc2c(=O)c1-c1ccc(Cl)c(Cl)c1)c1cccc([N+](=O)[O-])c1. The maximum atomic E-state index is 13.3. The van der Waals surface area contributed by atoms with E-state index in [0.717, 1.165) is 0 Å². The van der Waals surface area contributed by atoms with Crippen molar-refractivity contribution in [2.45, 2.75) is 0 Å². The standard InChI is InChI=1S/C22H12Cl2N2O4S/c23-16-9-8-12(11-17(16)24)19-20(27)15-6-1-2-7-18(15)31-22(19)25-21(28)13-4-3-5-14(10-13)26(29)30/h1-11H,(H,25,28). The molecule has 4 aromatic rings. The first-order valence-corrected chi connectivity index (χ1v) is 10.5. The summed E-state index contributed by atoms with van der Waals surface area (Å²) in [6.45, 7) is 0. The third-order valence-corrected chi connectivity index (χ3v) is 6.38. The average Bonchev–Trinajstić information content (AvgIpc) is 2.76. The topological polar surface area (TPSA) is 89.3 Å². The summed E-state index contributed by atoms with van der Waals surface area (Å²) in [5.41, 5.74) is 0.380. The van der Waals surface area contributed by atoms with Gasteiger partial charge in [0.15, 0.2) is 5.43 Å². The van der Waals surface area contributed by atoms with Crippen LogP contribution in [0.15, 0.2) is 71.5 Å². The van der Waals surface area contributed by atoms with Crippen LogP contribution >= 0.6 is 34.5 Å². The number of carbonyl (C=O) groups excluding carboxylic acids is 1. The number of nitrogens with zero attached hydrogens (tertiary/aromatic N) is 1. The van der Waals surface area contributed by atoms with E-state index in [4.69, 9.17) is 23.2 Å². The van der Waals surface area contributed by atoms with Gasteiger partial charge in [0.2, 0.25) is 0 Å². The van der Waals surface area contributed by atoms with E-state index in [1.807, 2.05) is 0 Å². The van der Waals surface area contributed by atoms with Gasteiger partial charge in [0.1, 0.15) is 5.00 Å². The Labute approximate surface area is 189 Å². The molecular formula is C22H12Cl2N2O4S. The molecule has 154 valence electrons. The van der Waals surface area contributed by atoms with E-state index in [9.17, 15) is 19.7 Å². The molecule has 31 heavy (non-hydrogen) atoms. The summed E-state index contributed by atoms with van der Waals surface area (Å²) in [6, 6.07) is 17.2. The maximum absolute atomic E-state index is 13.3. The molecule has 0 radical (unpaired) electrons. The number of amides is 1. The molecule has 1 N–H and O–H groups in total. The first-order valence-electron chi connectivity index (χ1n) is 8.92. The summed E-state index contributed by atoms with van der Waals surface area (Å²) in [4.78, 5) is 36.6. The van der Waals surface area contributed by atoms with E-state index < -0.39 is 10.8 Å². The summed E-state index contributed by atoms with van der Waals surface area (Å²) in [5, 5.41) is 15.2. The highest BCUT2D eigenvalue weighted by Gasteiger charge is 2.19. The molecule has 1 aromatic heterocycles. The van der Waals surface area contributed by atoms with Gasteiger partial charge in [-0.25, -0.2) is 0 Å². The first-order chi connectivity index (χ1) is 14.8. The zero-order valence-electron chi connectivity index (χ0n) is 15.6. The van der Waals surface area contributed by atoms with Crippen LogP contribution in [0, 0.1) is 10.1 Å². The Bertz CT molecular complexity index is 1420. The second-order valence-corrected chi connectivity index (χ2v) is 8.39. The fourth-order valence-electron chi connectivity index (χ4n) is 3.08. The van der Waals surface area contributed by atoms with Crippen LogP contribution in [0.3, 0.4) is 0 Å². The van der Waals surface area contributed by atoms with Crippen molar-refractivity contribution >= 4 is 61.2 Å². The molecule has 0 aliphatic carbocycles. The normalized spacial score (nSPS) is 10.8. The fraction of sp³-hybridized carbons (Fsp3) is 0. The molecule has 0 unspecified atom stereocenters. The zero-order valence-corrected chi connectivity index (χ0v) is 17.9. The Morgan fingerprint density at radius 2 is 1.74 bits per heavy atom. The minimum atomic E-state index is -0.577. The lowest BCUT2D eigenvalue weighted by molar-refractivity contribution is -0.384. The van der Waals surface area contributed by atoms with Gasteiger partial charge >= 0.3 is 0 Å². The monoisotopic (exact) mass is 470 g/mol. The number of nitrogens with one attached hydrogen (secondary N) is 1. The second kappa shape index (κ2) is 8.47. The highest BCUT2D eigenvalue weighted by atomic mass is 35.5. The fourth-order valence-corrected chi connectivity index (χ4v) is 4.47. The van der Waals surface area contributed by atoms with Gasteiger partial charge in [0.05, 0.1) is 20.5 Å². The van der Waals surface area contributed by atoms with E-state index in [2.05, 4.69) is 5.32 Å². The van der Waals surface area contributed by atoms with Gasteiger partial charge in [-0.2, -0.15) is 0 Å². The van der Waals surface area contributed by atoms with Crippen LogP contribution in [0.4, 0.5) is 10.7 Å². The van der Waals surface area contributed by atoms with Crippen LogP contribution in [-0.2, 0) is 0 Å². The summed E-state index contributed by atoms with van der Waals surface area (Å²) in [6.07, 6.45) is 0. The number of anilines is 1. The van der Waals surface area contributed by atoms with E-state index in [0.29, 0.717) is 25.7 Å². The molecule has 3 aromatic carbocycles. The molecule has 0 fully saturated rings. The van der Waals surface area contributed by atoms with Gasteiger partial charge < -0.3 is 5.32 Å². The van der Waals surface area contributed by atoms with Crippen molar-refractivity contribution < 1.29 is 9.72 Å². The number of hydrogen-bond donors (Lipinski definition) is 1. The van der Waals surface area contributed by atoms with Crippen LogP contribution in [0.5, 0.6) is 0 Å². The Morgan fingerprint density at radius 3 is 2.48 bits per heavy atom. The van der Waals surface area contributed by atoms with Gasteiger partial charge in [-0.15, -0.1) is 11.3 Å². The lowest BCUT2D eigenvalue weighted by atomic mass is 10.1. The van der Waals surface area contributed by atoms with E-state index in [-0.39, 0.29) is 27.3 Å². The summed E-state index contributed by atoms with van der Waals surface area (Å²) < 4.78 is 0.686. The molecule has 0 aliphatic rings. The quantitative estimate of drug-likeness (QED) is 0.276. The molecule has 6 nitrogen and oxygen atoms in total. The van der Waals surface area contributed by atoms with Crippen LogP contribution in [0.1, 0.15) is 10.4 Å². The molecular weight excluding hydrogens is 459 g/mol. The third-order valence-electron chi connectivity index (χ3n) is 4.55. The van der Waals surface area contributed by atoms with Crippen molar-refractivity contribution in [1.82, 2.24) is 0 Å². The molecule has 9 heteroatoms. The van der Waals surface area contributed by atoms with Crippen molar-refractivity contribution in [3.05, 3.63) is 103 Å². The number of rotatable bonds is 4. The van der Waals surface area contributed by atoms with Crippen LogP contribution in [-0.4, -0.2) is 10.8 Å². The summed E-state index contributed by atoms with van der Waals surface area (Å²) in [7, 11) is 0. The second-order valence-electron chi connectivity index (χ2n) is 6.52. The summed E-state index contributed by atoms with van der Waals surface area (Å²) in [5.74, 6) is -0.573. The molecule has 1 heterocycles. The van der Waals surface area contributed by atoms with Crippen molar-refractivity contribution in [2.75, 3.05) is 5.32 Å². The van der Waals surface area contributed by atoms with E-state index in [1.165, 1.54) is 35.6 Å². The maximum Gasteiger partial charge on any atom is 0.270 e. The van der Waals surface area contributed by atoms with Gasteiger partial charge in [-0.05, 0) is 35.9 Å². The Kier molecular flexibility index (Phi) is 5.73. The Hall–Kier alpha value is -3.26. The zero-order chi connectivity index (χ0) is 22.1. The smallest absolute Gasteiger partial charge is 0.270 e. The third kappa shape index (κ3) is 4.16. The van der Waals surface area contributed by atoms with E-state index in [1.54, 1.807) is 42.5 Å². The van der Waals surface area contributed by atoms with Crippen LogP contribution in [0.25, 0.3) is 21.2 Å². The lowest BCUT2D eigenvalue weighted by Crippen LogP contribution is -2.15. The molecule has 0 saturated heterocycles. The van der Waals surface area contributed by atoms with Gasteiger partial charge in [-0.1, -0.05) is 47.5 Å². The minimum Gasteiger partial charge on any atom is -0.313 e. The predicted molar refractivity (Wildman–Crippen MR) is 125 cm³/mol. The van der Waals surface area contributed by atoms with Crippen LogP contribution in [0.2, 0.25) is 10.0 Å². The molecule has 4 rings (SSSR count). The molecule has 0 saturated carbocycles. The van der Waals surface area contributed by atoms with Crippen molar-refractivity contribution in [1.29, 1.82) is 0 Å². The van der Waals surface area contributed by atoms with Gasteiger partial charge in [0, 0.05) is 27.8 Å². The number of non-ortho nitro benzene ring substituents is 1. The largest absolute Gasteiger partial charge is 0.313 e. The first kappa shape index (κ1) is 21.0. The number of hydrogen-bond acceptors (Lipinski definition) is 5. The predicted octanol–water partition coefficient (Wildman–Crippen LogP) is 6.40. The summed E-state index contributed by atoms with van der Waals surface area (Å²) >= 11 is 13.4. The number of carbonyl (C=O) groups is 1. The number of halogens is 2. The highest BCUT2D eigenvalue weighted by Crippen LogP contribution is 2.36. The lowest BCUT2D eigenvalue weighted by Gasteiger charge is -2.12. The average molecular weight is 471 g/mol. The minimum absolute atomic E-state index is 0.0992. The number of benzene rings is 3. The van der Waals surface area contributed by atoms with Gasteiger partial charge in [-0.3, -0.25) is 19.7 Å². The molecule has 0 atom stereocenters. The number of fused-ring (bicyclic) bond motifs is 1. The number of nitro groups is 1. The molecule has 0 aliphatic heterocycles. The van der Waals surface area contributed by atoms with Crippen molar-refractivity contribution in [2.24, 2.45) is 0 Å². The van der Waals surface area contributed by atoms with E-state index >= 15 is 0 Å². The Balaban J connectivity index is 1.87. The molecule has 0 bridgehead atoms. The molecule has 0 spiro atoms. The van der Waals surface area contributed by atoms with Gasteiger partial charge in [0.25, 0.3) is 11.6 Å². The highest BCUT2D eigenvalue weighted by molar-refractivity contribution is 7.22. The van der Waals surface area contributed by atoms with Crippen LogP contribution < -0.4 is 10.7 Å². The van der Waals surface area contributed by atoms with Crippen molar-refractivity contribution in [3.8, 4) is 11.1 Å². The Morgan fingerprint density at radius 1 is 0.968 bits per heavy atom. The number of nitro benzene ring substituents is 1. The molecule has 1 amide bonds. The van der Waals surface area contributed by atoms with Crippen molar-refractivity contribution in [3.63, 3.8) is 0 Å².